The number of nitrogens with one attached hydrogen (secondary N) is 1. The molecule has 8 heteroatoms. The maximum absolute atomic E-state index is 12.8. The summed E-state index contributed by atoms with van der Waals surface area (Å²) in [6, 6.07) is 18.9. The molecule has 0 saturated carbocycles. The number of aromatic nitrogens is 1. The van der Waals surface area contributed by atoms with E-state index in [4.69, 9.17) is 9.47 Å². The van der Waals surface area contributed by atoms with Gasteiger partial charge in [-0.15, -0.1) is 0 Å². The van der Waals surface area contributed by atoms with Crippen molar-refractivity contribution in [3.63, 3.8) is 0 Å². The predicted octanol–water partition coefficient (Wildman–Crippen LogP) is 4.56. The van der Waals surface area contributed by atoms with Crippen LogP contribution in [0.2, 0.25) is 0 Å². The van der Waals surface area contributed by atoms with Gasteiger partial charge in [0.15, 0.2) is 6.10 Å². The van der Waals surface area contributed by atoms with E-state index >= 15 is 0 Å². The molecule has 1 aromatic heterocycles. The number of hydrogen-bond acceptors (Lipinski definition) is 7. The van der Waals surface area contributed by atoms with Crippen LogP contribution in [0.3, 0.4) is 0 Å². The van der Waals surface area contributed by atoms with Crippen molar-refractivity contribution in [3.8, 4) is 0 Å². The summed E-state index contributed by atoms with van der Waals surface area (Å²) in [4.78, 5) is 33.0. The fourth-order valence-corrected chi connectivity index (χ4v) is 4.31. The molecule has 1 N–H and O–H groups in total. The summed E-state index contributed by atoms with van der Waals surface area (Å²) >= 11 is 1.38. The zero-order valence-corrected chi connectivity index (χ0v) is 20.0. The minimum absolute atomic E-state index is 0.322. The van der Waals surface area contributed by atoms with Gasteiger partial charge in [-0.3, -0.25) is 4.79 Å². The molecule has 176 valence electrons. The van der Waals surface area contributed by atoms with Crippen LogP contribution in [0.1, 0.15) is 22.8 Å². The van der Waals surface area contributed by atoms with Gasteiger partial charge < -0.3 is 19.7 Å². The third-order valence-electron chi connectivity index (χ3n) is 5.39. The monoisotopic (exact) mass is 477 g/mol. The molecule has 3 aromatic rings. The summed E-state index contributed by atoms with van der Waals surface area (Å²) in [5.74, 6) is -0.989. The molecule has 2 aromatic carbocycles. The molecule has 0 radical (unpaired) electrons. The van der Waals surface area contributed by atoms with E-state index in [9.17, 15) is 9.59 Å². The average molecular weight is 478 g/mol. The third kappa shape index (κ3) is 6.15. The molecule has 0 aliphatic carbocycles. The smallest absolute Gasteiger partial charge is 0.341 e. The van der Waals surface area contributed by atoms with Crippen LogP contribution in [-0.4, -0.2) is 49.3 Å². The minimum atomic E-state index is -0.969. The van der Waals surface area contributed by atoms with E-state index in [1.807, 2.05) is 55.5 Å². The van der Waals surface area contributed by atoms with Crippen LogP contribution < -0.4 is 10.2 Å². The second kappa shape index (κ2) is 11.2. The first-order chi connectivity index (χ1) is 16.5. The number of hydrogen-bond donors (Lipinski definition) is 1. The maximum Gasteiger partial charge on any atom is 0.341 e. The van der Waals surface area contributed by atoms with Gasteiger partial charge in [0.05, 0.1) is 18.8 Å². The number of rotatable bonds is 7. The summed E-state index contributed by atoms with van der Waals surface area (Å²) in [7, 11) is 0. The largest absolute Gasteiger partial charge is 0.449 e. The Bertz CT molecular complexity index is 1130. The van der Waals surface area contributed by atoms with Crippen LogP contribution in [0.15, 0.2) is 76.8 Å². The minimum Gasteiger partial charge on any atom is -0.449 e. The van der Waals surface area contributed by atoms with Gasteiger partial charge in [0.2, 0.25) is 0 Å². The second-order valence-electron chi connectivity index (χ2n) is 7.95. The number of carbonyl (C=O) groups is 2. The van der Waals surface area contributed by atoms with Crippen molar-refractivity contribution in [1.82, 2.24) is 4.98 Å². The highest BCUT2D eigenvalue weighted by Gasteiger charge is 2.22. The van der Waals surface area contributed by atoms with E-state index in [1.165, 1.54) is 11.8 Å². The van der Waals surface area contributed by atoms with Crippen LogP contribution in [0, 0.1) is 6.92 Å². The lowest BCUT2D eigenvalue weighted by Gasteiger charge is -2.28. The Balaban J connectivity index is 1.36. The van der Waals surface area contributed by atoms with Crippen LogP contribution in [0.5, 0.6) is 0 Å². The first-order valence-electron chi connectivity index (χ1n) is 11.1. The first kappa shape index (κ1) is 23.8. The highest BCUT2D eigenvalue weighted by Crippen LogP contribution is 2.29. The topological polar surface area (TPSA) is 80.8 Å². The van der Waals surface area contributed by atoms with E-state index in [0.717, 1.165) is 29.2 Å². The Labute approximate surface area is 203 Å². The molecule has 0 spiro atoms. The zero-order valence-electron chi connectivity index (χ0n) is 19.2. The number of nitrogens with zero attached hydrogens (tertiary/aromatic N) is 2. The van der Waals surface area contributed by atoms with Crippen molar-refractivity contribution in [2.45, 2.75) is 29.9 Å². The average Bonchev–Trinajstić information content (AvgIpc) is 2.86. The lowest BCUT2D eigenvalue weighted by Crippen LogP contribution is -2.36. The SMILES string of the molecule is Cc1ccc(Sc2ncccc2C(=O)OC(C)C(=O)Nc2ccc(N3CCOCC3)cc2)cc1. The van der Waals surface area contributed by atoms with Gasteiger partial charge in [-0.05, 0) is 62.4 Å². The highest BCUT2D eigenvalue weighted by molar-refractivity contribution is 7.99. The number of anilines is 2. The summed E-state index contributed by atoms with van der Waals surface area (Å²) in [6.07, 6.45) is 0.660. The Kier molecular flexibility index (Phi) is 7.82. The van der Waals surface area contributed by atoms with E-state index < -0.39 is 18.0 Å². The van der Waals surface area contributed by atoms with Gasteiger partial charge in [-0.2, -0.15) is 0 Å². The Morgan fingerprint density at radius 1 is 1.06 bits per heavy atom. The number of carbonyl (C=O) groups excluding carboxylic acids is 2. The number of benzene rings is 2. The van der Waals surface area contributed by atoms with Gasteiger partial charge in [0.25, 0.3) is 5.91 Å². The number of ether oxygens (including phenoxy) is 2. The van der Waals surface area contributed by atoms with E-state index in [-0.39, 0.29) is 0 Å². The highest BCUT2D eigenvalue weighted by atomic mass is 32.2. The maximum atomic E-state index is 12.8. The molecule has 1 saturated heterocycles. The second-order valence-corrected chi connectivity index (χ2v) is 9.02. The fourth-order valence-electron chi connectivity index (χ4n) is 3.44. The molecule has 1 aliphatic rings. The van der Waals surface area contributed by atoms with Gasteiger partial charge in [0.1, 0.15) is 5.03 Å². The summed E-state index contributed by atoms with van der Waals surface area (Å²) in [6.45, 7) is 6.68. The van der Waals surface area contributed by atoms with Crippen molar-refractivity contribution in [3.05, 3.63) is 78.0 Å². The number of amides is 1. The van der Waals surface area contributed by atoms with Crippen LogP contribution in [0.4, 0.5) is 11.4 Å². The quantitative estimate of drug-likeness (QED) is 0.500. The van der Waals surface area contributed by atoms with Crippen molar-refractivity contribution in [2.75, 3.05) is 36.5 Å². The summed E-state index contributed by atoms with van der Waals surface area (Å²) < 4.78 is 10.8. The summed E-state index contributed by atoms with van der Waals surface area (Å²) in [5.41, 5.74) is 3.20. The first-order valence-corrected chi connectivity index (χ1v) is 12.0. The molecule has 1 fully saturated rings. The van der Waals surface area contributed by atoms with Gasteiger partial charge in [-0.1, -0.05) is 29.5 Å². The molecule has 34 heavy (non-hydrogen) atoms. The standard InChI is InChI=1S/C26H27N3O4S/c1-18-5-11-22(12-6-18)34-25-23(4-3-13-27-25)26(31)33-19(2)24(30)28-20-7-9-21(10-8-20)29-14-16-32-17-15-29/h3-13,19H,14-17H2,1-2H3,(H,28,30). The predicted molar refractivity (Wildman–Crippen MR) is 133 cm³/mol. The molecule has 0 bridgehead atoms. The molecular formula is C26H27N3O4S. The van der Waals surface area contributed by atoms with Crippen molar-refractivity contribution < 1.29 is 19.1 Å². The molecule has 1 amide bonds. The van der Waals surface area contributed by atoms with E-state index in [2.05, 4.69) is 15.2 Å². The number of esters is 1. The molecule has 7 nitrogen and oxygen atoms in total. The van der Waals surface area contributed by atoms with Crippen LogP contribution in [0.25, 0.3) is 0 Å². The molecule has 1 aliphatic heterocycles. The molecule has 2 heterocycles. The lowest BCUT2D eigenvalue weighted by molar-refractivity contribution is -0.123. The fraction of sp³-hybridized carbons (Fsp3) is 0.269. The van der Waals surface area contributed by atoms with E-state index in [1.54, 1.807) is 25.3 Å². The number of morpholine rings is 1. The van der Waals surface area contributed by atoms with Crippen molar-refractivity contribution in [2.24, 2.45) is 0 Å². The zero-order chi connectivity index (χ0) is 23.9. The number of pyridine rings is 1. The molecule has 4 rings (SSSR count). The molecule has 1 unspecified atom stereocenters. The van der Waals surface area contributed by atoms with Gasteiger partial charge >= 0.3 is 5.97 Å². The Hall–Kier alpha value is -3.36. The lowest BCUT2D eigenvalue weighted by atomic mass is 10.2. The summed E-state index contributed by atoms with van der Waals surface area (Å²) in [5, 5.41) is 3.34. The van der Waals surface area contributed by atoms with Crippen LogP contribution in [-0.2, 0) is 14.3 Å². The normalized spacial score (nSPS) is 14.4. The third-order valence-corrected chi connectivity index (χ3v) is 6.42. The van der Waals surface area contributed by atoms with E-state index in [0.29, 0.717) is 29.5 Å². The molecule has 1 atom stereocenters. The number of aryl methyl sites for hydroxylation is 1. The Morgan fingerprint density at radius 3 is 2.47 bits per heavy atom. The van der Waals surface area contributed by atoms with Crippen molar-refractivity contribution >= 4 is 35.0 Å². The Morgan fingerprint density at radius 2 is 1.76 bits per heavy atom. The molecular weight excluding hydrogens is 450 g/mol. The van der Waals surface area contributed by atoms with Crippen molar-refractivity contribution in [1.29, 1.82) is 0 Å². The van der Waals surface area contributed by atoms with Gasteiger partial charge in [0, 0.05) is 35.6 Å². The van der Waals surface area contributed by atoms with Gasteiger partial charge in [-0.25, -0.2) is 9.78 Å². The van der Waals surface area contributed by atoms with Crippen LogP contribution >= 0.6 is 11.8 Å².